The number of sulfone groups is 1. The van der Waals surface area contributed by atoms with Crippen LogP contribution in [0.2, 0.25) is 5.02 Å². The van der Waals surface area contributed by atoms with Crippen LogP contribution in [0.4, 0.5) is 23.2 Å². The predicted octanol–water partition coefficient (Wildman–Crippen LogP) is 4.55. The number of pyridine rings is 1. The van der Waals surface area contributed by atoms with E-state index < -0.39 is 33.3 Å². The van der Waals surface area contributed by atoms with Gasteiger partial charge >= 0.3 is 6.18 Å². The lowest BCUT2D eigenvalue weighted by Crippen LogP contribution is -2.11. The van der Waals surface area contributed by atoms with Gasteiger partial charge in [0.05, 0.1) is 21.7 Å². The summed E-state index contributed by atoms with van der Waals surface area (Å²) in [5.41, 5.74) is -1.37. The quantitative estimate of drug-likeness (QED) is 0.561. The Balaban J connectivity index is 1.91. The Morgan fingerprint density at radius 3 is 2.42 bits per heavy atom. The first kappa shape index (κ1) is 22.8. The molecule has 3 rings (SSSR count). The van der Waals surface area contributed by atoms with Gasteiger partial charge in [-0.25, -0.2) is 12.8 Å². The molecule has 0 aliphatic carbocycles. The lowest BCUT2D eigenvalue weighted by atomic mass is 10.2. The van der Waals surface area contributed by atoms with Gasteiger partial charge in [-0.05, 0) is 30.3 Å². The third-order valence-electron chi connectivity index (χ3n) is 4.24. The number of alkyl halides is 3. The summed E-state index contributed by atoms with van der Waals surface area (Å²) in [6.45, 7) is 0. The SMILES string of the molecule is Cn1cc(C(=O)Nc2cc(Cl)cc(S(C)(=O)=O)c2)cc1-c1ncc(C(F)(F)F)cc1F. The molecule has 164 valence electrons. The van der Waals surface area contributed by atoms with Gasteiger partial charge < -0.3 is 9.88 Å². The van der Waals surface area contributed by atoms with Crippen molar-refractivity contribution in [2.24, 2.45) is 7.05 Å². The third kappa shape index (κ3) is 5.05. The van der Waals surface area contributed by atoms with Gasteiger partial charge in [0.1, 0.15) is 5.69 Å². The fraction of sp³-hybridized carbons (Fsp3) is 0.158. The van der Waals surface area contributed by atoms with E-state index in [9.17, 15) is 30.8 Å². The third-order valence-corrected chi connectivity index (χ3v) is 5.55. The van der Waals surface area contributed by atoms with Gasteiger partial charge in [-0.1, -0.05) is 11.6 Å². The second kappa shape index (κ2) is 7.97. The van der Waals surface area contributed by atoms with Crippen LogP contribution in [0, 0.1) is 5.82 Å². The molecule has 1 N–H and O–H groups in total. The van der Waals surface area contributed by atoms with Crippen LogP contribution in [0.15, 0.2) is 47.6 Å². The first-order chi connectivity index (χ1) is 14.3. The average molecular weight is 476 g/mol. The zero-order valence-corrected chi connectivity index (χ0v) is 17.5. The molecule has 1 aromatic carbocycles. The summed E-state index contributed by atoms with van der Waals surface area (Å²) < 4.78 is 77.2. The molecule has 0 saturated carbocycles. The van der Waals surface area contributed by atoms with Crippen molar-refractivity contribution in [3.63, 3.8) is 0 Å². The number of halogens is 5. The lowest BCUT2D eigenvalue weighted by Gasteiger charge is -2.08. The number of rotatable bonds is 4. The Morgan fingerprint density at radius 2 is 1.84 bits per heavy atom. The molecular formula is C19H14ClF4N3O3S. The van der Waals surface area contributed by atoms with Crippen molar-refractivity contribution in [3.8, 4) is 11.4 Å². The standard InChI is InChI=1S/C19H14ClF4N3O3S/c1-27-9-10(3-16(27)17-15(21)4-11(8-25-17)19(22,23)24)18(28)26-13-5-12(20)6-14(7-13)31(2,29)30/h3-9H,1-2H3,(H,26,28). The fourth-order valence-corrected chi connectivity index (χ4v) is 3.74. The predicted molar refractivity (Wildman–Crippen MR) is 106 cm³/mol. The van der Waals surface area contributed by atoms with Crippen LogP contribution in [0.1, 0.15) is 15.9 Å². The number of nitrogens with zero attached hydrogens (tertiary/aromatic N) is 2. The van der Waals surface area contributed by atoms with Crippen LogP contribution in [-0.2, 0) is 23.1 Å². The number of hydrogen-bond acceptors (Lipinski definition) is 4. The number of carbonyl (C=O) groups is 1. The Labute approximate surface area is 179 Å². The normalized spacial score (nSPS) is 12.1. The molecule has 12 heteroatoms. The van der Waals surface area contributed by atoms with Crippen molar-refractivity contribution >= 4 is 33.0 Å². The largest absolute Gasteiger partial charge is 0.417 e. The lowest BCUT2D eigenvalue weighted by molar-refractivity contribution is -0.138. The molecular weight excluding hydrogens is 462 g/mol. The van der Waals surface area contributed by atoms with Crippen molar-refractivity contribution in [3.05, 3.63) is 64.7 Å². The van der Waals surface area contributed by atoms with E-state index in [1.807, 2.05) is 0 Å². The highest BCUT2D eigenvalue weighted by Gasteiger charge is 2.32. The monoisotopic (exact) mass is 475 g/mol. The van der Waals surface area contributed by atoms with Crippen LogP contribution in [-0.4, -0.2) is 30.1 Å². The maximum atomic E-state index is 14.3. The summed E-state index contributed by atoms with van der Waals surface area (Å²) in [5, 5.41) is 2.57. The van der Waals surface area contributed by atoms with Crippen LogP contribution >= 0.6 is 11.6 Å². The summed E-state index contributed by atoms with van der Waals surface area (Å²) in [7, 11) is -2.11. The number of hydrogen-bond donors (Lipinski definition) is 1. The number of nitrogens with one attached hydrogen (secondary N) is 1. The second-order valence-corrected chi connectivity index (χ2v) is 9.13. The topological polar surface area (TPSA) is 81.1 Å². The highest BCUT2D eigenvalue weighted by molar-refractivity contribution is 7.90. The highest BCUT2D eigenvalue weighted by atomic mass is 35.5. The number of aromatic nitrogens is 2. The number of carbonyl (C=O) groups excluding carboxylic acids is 1. The van der Waals surface area contributed by atoms with Crippen molar-refractivity contribution in [1.29, 1.82) is 0 Å². The van der Waals surface area contributed by atoms with E-state index in [-0.39, 0.29) is 32.6 Å². The number of benzene rings is 1. The summed E-state index contributed by atoms with van der Waals surface area (Å²) in [6, 6.07) is 5.37. The number of aryl methyl sites for hydroxylation is 1. The molecule has 0 bridgehead atoms. The number of anilines is 1. The smallest absolute Gasteiger partial charge is 0.348 e. The van der Waals surface area contributed by atoms with Gasteiger partial charge in [-0.3, -0.25) is 9.78 Å². The summed E-state index contributed by atoms with van der Waals surface area (Å²) in [4.78, 5) is 16.0. The second-order valence-electron chi connectivity index (χ2n) is 6.68. The van der Waals surface area contributed by atoms with E-state index in [0.717, 1.165) is 6.26 Å². The summed E-state index contributed by atoms with van der Waals surface area (Å²) >= 11 is 5.91. The molecule has 31 heavy (non-hydrogen) atoms. The fourth-order valence-electron chi connectivity index (χ4n) is 2.76. The Bertz CT molecular complexity index is 1290. The molecule has 0 saturated heterocycles. The summed E-state index contributed by atoms with van der Waals surface area (Å²) in [5.74, 6) is -1.87. The molecule has 2 heterocycles. The molecule has 6 nitrogen and oxygen atoms in total. The minimum atomic E-state index is -4.74. The van der Waals surface area contributed by atoms with Crippen molar-refractivity contribution in [2.75, 3.05) is 11.6 Å². The summed E-state index contributed by atoms with van der Waals surface area (Å²) in [6.07, 6.45) is -1.93. The molecule has 0 radical (unpaired) electrons. The average Bonchev–Trinajstić information content (AvgIpc) is 3.01. The van der Waals surface area contributed by atoms with E-state index in [4.69, 9.17) is 11.6 Å². The van der Waals surface area contributed by atoms with Gasteiger partial charge in [0, 0.05) is 36.4 Å². The maximum absolute atomic E-state index is 14.3. The van der Waals surface area contributed by atoms with Gasteiger partial charge in [-0.2, -0.15) is 13.2 Å². The van der Waals surface area contributed by atoms with E-state index in [1.54, 1.807) is 0 Å². The Kier molecular flexibility index (Phi) is 5.85. The van der Waals surface area contributed by atoms with Crippen molar-refractivity contribution in [1.82, 2.24) is 9.55 Å². The minimum Gasteiger partial charge on any atom is -0.348 e. The van der Waals surface area contributed by atoms with E-state index in [1.165, 1.54) is 42.1 Å². The molecule has 3 aromatic rings. The molecule has 0 unspecified atom stereocenters. The van der Waals surface area contributed by atoms with Gasteiger partial charge in [0.2, 0.25) is 0 Å². The molecule has 0 aliphatic rings. The van der Waals surface area contributed by atoms with Crippen molar-refractivity contribution in [2.45, 2.75) is 11.1 Å². The highest BCUT2D eigenvalue weighted by Crippen LogP contribution is 2.32. The van der Waals surface area contributed by atoms with E-state index in [0.29, 0.717) is 12.3 Å². The first-order valence-electron chi connectivity index (χ1n) is 8.47. The number of amides is 1. The minimum absolute atomic E-state index is 0.0412. The van der Waals surface area contributed by atoms with Gasteiger partial charge in [0.25, 0.3) is 5.91 Å². The Morgan fingerprint density at radius 1 is 1.16 bits per heavy atom. The van der Waals surface area contributed by atoms with E-state index >= 15 is 0 Å². The van der Waals surface area contributed by atoms with Crippen molar-refractivity contribution < 1.29 is 30.8 Å². The zero-order valence-electron chi connectivity index (χ0n) is 16.0. The molecule has 1 amide bonds. The van der Waals surface area contributed by atoms with E-state index in [2.05, 4.69) is 10.3 Å². The zero-order chi connectivity index (χ0) is 23.1. The molecule has 0 spiro atoms. The van der Waals surface area contributed by atoms with Gasteiger partial charge in [-0.15, -0.1) is 0 Å². The maximum Gasteiger partial charge on any atom is 0.417 e. The molecule has 0 atom stereocenters. The first-order valence-corrected chi connectivity index (χ1v) is 10.7. The molecule has 0 aliphatic heterocycles. The van der Waals surface area contributed by atoms with Gasteiger partial charge in [0.15, 0.2) is 15.7 Å². The van der Waals surface area contributed by atoms with Crippen LogP contribution in [0.25, 0.3) is 11.4 Å². The van der Waals surface area contributed by atoms with Crippen LogP contribution in [0.3, 0.4) is 0 Å². The molecule has 2 aromatic heterocycles. The Hall–Kier alpha value is -2.92. The van der Waals surface area contributed by atoms with Crippen LogP contribution in [0.5, 0.6) is 0 Å². The van der Waals surface area contributed by atoms with Crippen LogP contribution < -0.4 is 5.32 Å². The molecule has 0 fully saturated rings.